The number of benzene rings is 3. The van der Waals surface area contributed by atoms with Crippen LogP contribution in [-0.4, -0.2) is 30.6 Å². The number of carboxylic acid groups (broad SMARTS) is 1. The van der Waals surface area contributed by atoms with E-state index in [0.29, 0.717) is 10.9 Å². The molecule has 0 fully saturated rings. The quantitative estimate of drug-likeness (QED) is 0.617. The lowest BCUT2D eigenvalue weighted by Gasteiger charge is -2.21. The lowest BCUT2D eigenvalue weighted by atomic mass is 10.0. The highest BCUT2D eigenvalue weighted by Crippen LogP contribution is 2.22. The highest BCUT2D eigenvalue weighted by molar-refractivity contribution is 7.89. The molecule has 0 bridgehead atoms. The van der Waals surface area contributed by atoms with E-state index in [1.807, 2.05) is 12.1 Å². The second-order valence-electron chi connectivity index (χ2n) is 5.80. The van der Waals surface area contributed by atoms with Crippen LogP contribution in [0.1, 0.15) is 11.7 Å². The zero-order valence-electron chi connectivity index (χ0n) is 13.6. The Bertz CT molecular complexity index is 1030. The van der Waals surface area contributed by atoms with Crippen molar-refractivity contribution in [3.05, 3.63) is 78.4 Å². The predicted molar refractivity (Wildman–Crippen MR) is 97.1 cm³/mol. The molecule has 3 aromatic rings. The predicted octanol–water partition coefficient (Wildman–Crippen LogP) is 2.30. The van der Waals surface area contributed by atoms with Crippen LogP contribution < -0.4 is 4.72 Å². The molecule has 0 heterocycles. The molecule has 0 saturated carbocycles. The second-order valence-corrected chi connectivity index (χ2v) is 7.52. The Labute approximate surface area is 150 Å². The molecule has 0 spiro atoms. The summed E-state index contributed by atoms with van der Waals surface area (Å²) in [6.45, 7) is 0. The molecule has 2 atom stereocenters. The topological polar surface area (TPSA) is 104 Å². The number of sulfonamides is 1. The Morgan fingerprint density at radius 2 is 1.50 bits per heavy atom. The lowest BCUT2D eigenvalue weighted by Crippen LogP contribution is -2.44. The molecular formula is C19H17NO5S. The standard InChI is InChI=1S/C19H17NO5S/c21-18(14-7-2-1-3-8-14)17(19(22)23)20-26(24,25)16-11-10-13-6-4-5-9-15(13)12-16/h1-12,17-18,20-21H,(H,22,23)/t17-,18+/m0/s1. The smallest absolute Gasteiger partial charge is 0.324 e. The lowest BCUT2D eigenvalue weighted by molar-refractivity contribution is -0.141. The van der Waals surface area contributed by atoms with Crippen LogP contribution in [0.5, 0.6) is 0 Å². The minimum Gasteiger partial charge on any atom is -0.480 e. The minimum atomic E-state index is -4.14. The fourth-order valence-electron chi connectivity index (χ4n) is 2.66. The van der Waals surface area contributed by atoms with Crippen molar-refractivity contribution in [1.29, 1.82) is 0 Å². The van der Waals surface area contributed by atoms with Crippen molar-refractivity contribution < 1.29 is 23.4 Å². The van der Waals surface area contributed by atoms with Gasteiger partial charge in [-0.2, -0.15) is 4.72 Å². The molecule has 0 aliphatic rings. The van der Waals surface area contributed by atoms with Crippen molar-refractivity contribution in [1.82, 2.24) is 4.72 Å². The number of carboxylic acids is 1. The van der Waals surface area contributed by atoms with Crippen LogP contribution in [0, 0.1) is 0 Å². The van der Waals surface area contributed by atoms with Crippen molar-refractivity contribution in [3.63, 3.8) is 0 Å². The molecule has 0 aliphatic heterocycles. The molecule has 0 radical (unpaired) electrons. The maximum absolute atomic E-state index is 12.6. The van der Waals surface area contributed by atoms with Gasteiger partial charge in [0.25, 0.3) is 0 Å². The van der Waals surface area contributed by atoms with Gasteiger partial charge in [-0.3, -0.25) is 4.79 Å². The van der Waals surface area contributed by atoms with Crippen LogP contribution in [-0.2, 0) is 14.8 Å². The third-order valence-corrected chi connectivity index (χ3v) is 5.48. The summed E-state index contributed by atoms with van der Waals surface area (Å²) in [6.07, 6.45) is -1.52. The van der Waals surface area contributed by atoms with Gasteiger partial charge in [0.15, 0.2) is 0 Å². The van der Waals surface area contributed by atoms with Gasteiger partial charge in [0.1, 0.15) is 12.1 Å². The van der Waals surface area contributed by atoms with Crippen LogP contribution in [0.15, 0.2) is 77.7 Å². The molecule has 134 valence electrons. The first-order valence-electron chi connectivity index (χ1n) is 7.85. The SMILES string of the molecule is O=C(O)[C@@H](NS(=O)(=O)c1ccc2ccccc2c1)[C@H](O)c1ccccc1. The molecular weight excluding hydrogens is 354 g/mol. The Hall–Kier alpha value is -2.74. The molecule has 0 aromatic heterocycles. The maximum Gasteiger partial charge on any atom is 0.324 e. The van der Waals surface area contributed by atoms with Crippen molar-refractivity contribution in [2.45, 2.75) is 17.0 Å². The summed E-state index contributed by atoms with van der Waals surface area (Å²) in [5.74, 6) is -1.47. The van der Waals surface area contributed by atoms with Gasteiger partial charge in [0.2, 0.25) is 10.0 Å². The average Bonchev–Trinajstić information content (AvgIpc) is 2.65. The van der Waals surface area contributed by atoms with Gasteiger partial charge in [0.05, 0.1) is 4.90 Å². The van der Waals surface area contributed by atoms with Gasteiger partial charge >= 0.3 is 5.97 Å². The van der Waals surface area contributed by atoms with Gasteiger partial charge < -0.3 is 10.2 Å². The van der Waals surface area contributed by atoms with Crippen LogP contribution in [0.4, 0.5) is 0 Å². The first kappa shape index (κ1) is 18.1. The van der Waals surface area contributed by atoms with Crippen LogP contribution in [0.25, 0.3) is 10.8 Å². The zero-order chi connectivity index (χ0) is 18.7. The van der Waals surface area contributed by atoms with Crippen molar-refractivity contribution in [3.8, 4) is 0 Å². The van der Waals surface area contributed by atoms with Gasteiger partial charge in [-0.15, -0.1) is 0 Å². The third-order valence-electron chi connectivity index (χ3n) is 4.04. The molecule has 0 unspecified atom stereocenters. The van der Waals surface area contributed by atoms with E-state index < -0.39 is 28.1 Å². The fourth-order valence-corrected chi connectivity index (χ4v) is 3.89. The first-order chi connectivity index (χ1) is 12.4. The number of aliphatic hydroxyl groups is 1. The molecule has 3 N–H and O–H groups in total. The maximum atomic E-state index is 12.6. The first-order valence-corrected chi connectivity index (χ1v) is 9.34. The normalized spacial score (nSPS) is 14.0. The molecule has 6 nitrogen and oxygen atoms in total. The van der Waals surface area contributed by atoms with E-state index in [0.717, 1.165) is 5.39 Å². The van der Waals surface area contributed by atoms with E-state index in [1.54, 1.807) is 36.4 Å². The monoisotopic (exact) mass is 371 g/mol. The highest BCUT2D eigenvalue weighted by Gasteiger charge is 2.32. The number of nitrogens with one attached hydrogen (secondary N) is 1. The van der Waals surface area contributed by atoms with E-state index in [-0.39, 0.29) is 4.90 Å². The summed E-state index contributed by atoms with van der Waals surface area (Å²) < 4.78 is 27.4. The molecule has 0 saturated heterocycles. The largest absolute Gasteiger partial charge is 0.480 e. The summed E-state index contributed by atoms with van der Waals surface area (Å²) >= 11 is 0. The fraction of sp³-hybridized carbons (Fsp3) is 0.105. The van der Waals surface area contributed by atoms with Gasteiger partial charge in [-0.1, -0.05) is 60.7 Å². The molecule has 0 aliphatic carbocycles. The van der Waals surface area contributed by atoms with Crippen molar-refractivity contribution in [2.75, 3.05) is 0 Å². The van der Waals surface area contributed by atoms with Crippen LogP contribution in [0.3, 0.4) is 0 Å². The van der Waals surface area contributed by atoms with E-state index in [2.05, 4.69) is 4.72 Å². The number of rotatable bonds is 6. The Morgan fingerprint density at radius 3 is 2.15 bits per heavy atom. The molecule has 26 heavy (non-hydrogen) atoms. The molecule has 3 rings (SSSR count). The molecule has 7 heteroatoms. The summed E-state index contributed by atoms with van der Waals surface area (Å²) in [7, 11) is -4.14. The van der Waals surface area contributed by atoms with Gasteiger partial charge in [0, 0.05) is 0 Å². The molecule has 3 aromatic carbocycles. The number of hydrogen-bond acceptors (Lipinski definition) is 4. The Morgan fingerprint density at radius 1 is 0.885 bits per heavy atom. The number of aliphatic hydroxyl groups excluding tert-OH is 1. The second kappa shape index (κ2) is 7.25. The minimum absolute atomic E-state index is 0.0669. The van der Waals surface area contributed by atoms with E-state index >= 15 is 0 Å². The molecule has 0 amide bonds. The Kier molecular flexibility index (Phi) is 5.03. The van der Waals surface area contributed by atoms with Crippen LogP contribution in [0.2, 0.25) is 0 Å². The number of hydrogen-bond donors (Lipinski definition) is 3. The van der Waals surface area contributed by atoms with E-state index in [4.69, 9.17) is 0 Å². The van der Waals surface area contributed by atoms with Crippen molar-refractivity contribution >= 4 is 26.8 Å². The number of fused-ring (bicyclic) bond motifs is 1. The highest BCUT2D eigenvalue weighted by atomic mass is 32.2. The summed E-state index contributed by atoms with van der Waals surface area (Å²) in [5.41, 5.74) is 0.307. The number of aliphatic carboxylic acids is 1. The Balaban J connectivity index is 1.93. The third kappa shape index (κ3) is 3.75. The van der Waals surface area contributed by atoms with Gasteiger partial charge in [-0.25, -0.2) is 8.42 Å². The van der Waals surface area contributed by atoms with E-state index in [9.17, 15) is 23.4 Å². The average molecular weight is 371 g/mol. The van der Waals surface area contributed by atoms with Gasteiger partial charge in [-0.05, 0) is 28.5 Å². The number of carbonyl (C=O) groups is 1. The van der Waals surface area contributed by atoms with Crippen molar-refractivity contribution in [2.24, 2.45) is 0 Å². The summed E-state index contributed by atoms with van der Waals surface area (Å²) in [6, 6.07) is 18.1. The summed E-state index contributed by atoms with van der Waals surface area (Å²) in [4.78, 5) is 11.5. The summed E-state index contributed by atoms with van der Waals surface area (Å²) in [5, 5.41) is 21.3. The zero-order valence-corrected chi connectivity index (χ0v) is 14.4. The van der Waals surface area contributed by atoms with E-state index in [1.165, 1.54) is 24.3 Å². The van der Waals surface area contributed by atoms with Crippen LogP contribution >= 0.6 is 0 Å².